The molecule has 68 valence electrons. The molecule has 0 fully saturated rings. The third kappa shape index (κ3) is 2.39. The van der Waals surface area contributed by atoms with Gasteiger partial charge in [0.2, 0.25) is 0 Å². The standard InChI is InChI=1S/C9H6BrFO2/c10-8-5-6(11)1-2-7(8)9(13)3-4-12/h1-5,12H/b4-3+. The highest BCUT2D eigenvalue weighted by Crippen LogP contribution is 2.18. The van der Waals surface area contributed by atoms with Gasteiger partial charge in [-0.05, 0) is 34.1 Å². The third-order valence-electron chi connectivity index (χ3n) is 1.42. The predicted octanol–water partition coefficient (Wildman–Crippen LogP) is 2.84. The first-order valence-electron chi connectivity index (χ1n) is 3.45. The largest absolute Gasteiger partial charge is 0.515 e. The van der Waals surface area contributed by atoms with Crippen molar-refractivity contribution in [1.82, 2.24) is 0 Å². The second-order valence-corrected chi connectivity index (χ2v) is 3.16. The quantitative estimate of drug-likeness (QED) is 0.494. The lowest BCUT2D eigenvalue weighted by Crippen LogP contribution is -1.95. The predicted molar refractivity (Wildman–Crippen MR) is 50.2 cm³/mol. The Kier molecular flexibility index (Phi) is 3.19. The number of aliphatic hydroxyl groups excluding tert-OH is 1. The van der Waals surface area contributed by atoms with E-state index >= 15 is 0 Å². The molecule has 2 nitrogen and oxygen atoms in total. The highest BCUT2D eigenvalue weighted by atomic mass is 79.9. The second-order valence-electron chi connectivity index (χ2n) is 2.30. The summed E-state index contributed by atoms with van der Waals surface area (Å²) < 4.78 is 13.0. The summed E-state index contributed by atoms with van der Waals surface area (Å²) in [5.74, 6) is -0.800. The molecule has 0 aliphatic heterocycles. The molecule has 1 aromatic rings. The molecule has 0 aliphatic rings. The number of allylic oxidation sites excluding steroid dienone is 1. The SMILES string of the molecule is O=C(/C=C/O)c1ccc(F)cc1Br. The van der Waals surface area contributed by atoms with E-state index < -0.39 is 5.82 Å². The molecule has 13 heavy (non-hydrogen) atoms. The van der Waals surface area contributed by atoms with Crippen LogP contribution in [0.5, 0.6) is 0 Å². The van der Waals surface area contributed by atoms with Crippen molar-refractivity contribution in [2.24, 2.45) is 0 Å². The number of benzene rings is 1. The van der Waals surface area contributed by atoms with Crippen LogP contribution in [-0.4, -0.2) is 10.9 Å². The number of rotatable bonds is 2. The number of carbonyl (C=O) groups is 1. The van der Waals surface area contributed by atoms with E-state index in [1.807, 2.05) is 0 Å². The monoisotopic (exact) mass is 244 g/mol. The van der Waals surface area contributed by atoms with Gasteiger partial charge in [-0.15, -0.1) is 0 Å². The zero-order chi connectivity index (χ0) is 9.84. The zero-order valence-electron chi connectivity index (χ0n) is 6.50. The van der Waals surface area contributed by atoms with Crippen molar-refractivity contribution in [3.63, 3.8) is 0 Å². The fraction of sp³-hybridized carbons (Fsp3) is 0. The Morgan fingerprint density at radius 2 is 2.23 bits per heavy atom. The average Bonchev–Trinajstić information content (AvgIpc) is 2.04. The summed E-state index contributed by atoms with van der Waals surface area (Å²) in [7, 11) is 0. The fourth-order valence-electron chi connectivity index (χ4n) is 0.847. The van der Waals surface area contributed by atoms with Crippen LogP contribution >= 0.6 is 15.9 Å². The smallest absolute Gasteiger partial charge is 0.190 e. The minimum Gasteiger partial charge on any atom is -0.515 e. The topological polar surface area (TPSA) is 37.3 Å². The Balaban J connectivity index is 3.09. The van der Waals surface area contributed by atoms with Crippen molar-refractivity contribution >= 4 is 21.7 Å². The van der Waals surface area contributed by atoms with Gasteiger partial charge < -0.3 is 5.11 Å². The van der Waals surface area contributed by atoms with Gasteiger partial charge in [0.1, 0.15) is 5.82 Å². The molecule has 1 N–H and O–H groups in total. The van der Waals surface area contributed by atoms with E-state index in [1.54, 1.807) is 0 Å². The van der Waals surface area contributed by atoms with Crippen molar-refractivity contribution < 1.29 is 14.3 Å². The molecule has 0 unspecified atom stereocenters. The van der Waals surface area contributed by atoms with Crippen molar-refractivity contribution in [2.75, 3.05) is 0 Å². The number of ketones is 1. The van der Waals surface area contributed by atoms with Crippen LogP contribution in [-0.2, 0) is 0 Å². The van der Waals surface area contributed by atoms with E-state index in [-0.39, 0.29) is 5.78 Å². The normalized spacial score (nSPS) is 10.6. The summed E-state index contributed by atoms with van der Waals surface area (Å²) >= 11 is 3.04. The maximum atomic E-state index is 12.6. The van der Waals surface area contributed by atoms with Gasteiger partial charge in [-0.1, -0.05) is 0 Å². The molecule has 0 spiro atoms. The molecule has 0 saturated heterocycles. The van der Waals surface area contributed by atoms with Gasteiger partial charge in [0.25, 0.3) is 0 Å². The highest BCUT2D eigenvalue weighted by Gasteiger charge is 2.07. The van der Waals surface area contributed by atoms with Crippen LogP contribution in [0.3, 0.4) is 0 Å². The lowest BCUT2D eigenvalue weighted by Gasteiger charge is -1.98. The summed E-state index contributed by atoms with van der Waals surface area (Å²) in [4.78, 5) is 11.2. The van der Waals surface area contributed by atoms with Crippen LogP contribution in [0, 0.1) is 5.82 Å². The number of aliphatic hydroxyl groups is 1. The Hall–Kier alpha value is -1.16. The van der Waals surface area contributed by atoms with Crippen LogP contribution in [0.2, 0.25) is 0 Å². The van der Waals surface area contributed by atoms with Crippen molar-refractivity contribution in [2.45, 2.75) is 0 Å². The molecule has 0 radical (unpaired) electrons. The van der Waals surface area contributed by atoms with E-state index in [2.05, 4.69) is 15.9 Å². The van der Waals surface area contributed by atoms with E-state index in [1.165, 1.54) is 18.2 Å². The minimum atomic E-state index is -0.420. The van der Waals surface area contributed by atoms with Crippen molar-refractivity contribution in [3.8, 4) is 0 Å². The maximum absolute atomic E-state index is 12.6. The van der Waals surface area contributed by atoms with Crippen molar-refractivity contribution in [1.29, 1.82) is 0 Å². The first kappa shape index (κ1) is 9.92. The summed E-state index contributed by atoms with van der Waals surface area (Å²) in [6.07, 6.45) is 1.65. The molecule has 0 heterocycles. The van der Waals surface area contributed by atoms with E-state index in [4.69, 9.17) is 5.11 Å². The van der Waals surface area contributed by atoms with Gasteiger partial charge in [-0.3, -0.25) is 4.79 Å². The molecule has 0 atom stereocenters. The molecule has 0 amide bonds. The van der Waals surface area contributed by atoms with E-state index in [9.17, 15) is 9.18 Å². The van der Waals surface area contributed by atoms with Gasteiger partial charge in [-0.2, -0.15) is 0 Å². The Morgan fingerprint density at radius 1 is 1.54 bits per heavy atom. The van der Waals surface area contributed by atoms with Crippen LogP contribution in [0.4, 0.5) is 4.39 Å². The van der Waals surface area contributed by atoms with Gasteiger partial charge >= 0.3 is 0 Å². The Bertz CT molecular complexity index is 361. The van der Waals surface area contributed by atoms with Crippen molar-refractivity contribution in [3.05, 3.63) is 46.4 Å². The van der Waals surface area contributed by atoms with E-state index in [0.29, 0.717) is 16.3 Å². The van der Waals surface area contributed by atoms with Gasteiger partial charge in [0.05, 0.1) is 6.26 Å². The average molecular weight is 245 g/mol. The third-order valence-corrected chi connectivity index (χ3v) is 2.08. The van der Waals surface area contributed by atoms with Crippen LogP contribution in [0.15, 0.2) is 35.0 Å². The minimum absolute atomic E-state index is 0.312. The molecule has 4 heteroatoms. The Labute approximate surface area is 82.8 Å². The molecular formula is C9H6BrFO2. The number of hydrogen-bond acceptors (Lipinski definition) is 2. The molecule has 0 aliphatic carbocycles. The number of halogens is 2. The summed E-state index contributed by atoms with van der Waals surface area (Å²) in [6.45, 7) is 0. The first-order valence-corrected chi connectivity index (χ1v) is 4.24. The summed E-state index contributed by atoms with van der Waals surface area (Å²) in [5.41, 5.74) is 0.312. The molecule has 1 rings (SSSR count). The first-order chi connectivity index (χ1) is 6.15. The molecule has 0 saturated carbocycles. The lowest BCUT2D eigenvalue weighted by atomic mass is 10.1. The van der Waals surface area contributed by atoms with Crippen LogP contribution < -0.4 is 0 Å². The van der Waals surface area contributed by atoms with Crippen LogP contribution in [0.25, 0.3) is 0 Å². The maximum Gasteiger partial charge on any atom is 0.190 e. The van der Waals surface area contributed by atoms with Gasteiger partial charge in [0.15, 0.2) is 5.78 Å². The van der Waals surface area contributed by atoms with Gasteiger partial charge in [-0.25, -0.2) is 4.39 Å². The van der Waals surface area contributed by atoms with E-state index in [0.717, 1.165) is 6.08 Å². The van der Waals surface area contributed by atoms with Gasteiger partial charge in [0, 0.05) is 16.1 Å². The lowest BCUT2D eigenvalue weighted by molar-refractivity contribution is 0.104. The van der Waals surface area contributed by atoms with Crippen LogP contribution in [0.1, 0.15) is 10.4 Å². The Morgan fingerprint density at radius 3 is 2.77 bits per heavy atom. The number of hydrogen-bond donors (Lipinski definition) is 1. The zero-order valence-corrected chi connectivity index (χ0v) is 8.08. The molecular weight excluding hydrogens is 239 g/mol. The fourth-order valence-corrected chi connectivity index (χ4v) is 1.39. The molecule has 1 aromatic carbocycles. The number of carbonyl (C=O) groups excluding carboxylic acids is 1. The summed E-state index contributed by atoms with van der Waals surface area (Å²) in [5, 5.41) is 8.35. The summed E-state index contributed by atoms with van der Waals surface area (Å²) in [6, 6.07) is 3.73. The molecule has 0 aromatic heterocycles. The highest BCUT2D eigenvalue weighted by molar-refractivity contribution is 9.10. The second kappa shape index (κ2) is 4.18. The molecule has 0 bridgehead atoms.